The minimum absolute atomic E-state index is 0.0564. The Morgan fingerprint density at radius 2 is 1.88 bits per heavy atom. The molecule has 2 aromatic carbocycles. The number of nitrogens with one attached hydrogen (secondary N) is 1. The molecule has 1 aliphatic heterocycles. The molecule has 7 heteroatoms. The molecule has 1 aromatic heterocycles. The molecule has 1 amide bonds. The van der Waals surface area contributed by atoms with Crippen LogP contribution in [0.25, 0.3) is 10.9 Å². The second-order valence-corrected chi connectivity index (χ2v) is 9.39. The average Bonchev–Trinajstić information content (AvgIpc) is 3.17. The SMILES string of the molecule is CC(C)(C)C(=O)ON1CCCC(NC(=O)c2ccc(Cn3ncc4ccccc43)cc2)C1. The second-order valence-electron chi connectivity index (χ2n) is 9.39. The molecular weight excluding hydrogens is 404 g/mol. The van der Waals surface area contributed by atoms with Gasteiger partial charge in [0.1, 0.15) is 0 Å². The van der Waals surface area contributed by atoms with Crippen molar-refractivity contribution in [3.63, 3.8) is 0 Å². The zero-order valence-corrected chi connectivity index (χ0v) is 18.9. The van der Waals surface area contributed by atoms with Gasteiger partial charge >= 0.3 is 5.97 Å². The molecule has 1 saturated heterocycles. The Kier molecular flexibility index (Phi) is 6.28. The van der Waals surface area contributed by atoms with Crippen LogP contribution in [0, 0.1) is 5.41 Å². The van der Waals surface area contributed by atoms with E-state index in [1.807, 2.05) is 74.1 Å². The van der Waals surface area contributed by atoms with Crippen molar-refractivity contribution in [2.45, 2.75) is 46.2 Å². The van der Waals surface area contributed by atoms with Gasteiger partial charge in [-0.05, 0) is 57.4 Å². The Morgan fingerprint density at radius 3 is 2.62 bits per heavy atom. The second kappa shape index (κ2) is 9.12. The third-order valence-electron chi connectivity index (χ3n) is 5.64. The van der Waals surface area contributed by atoms with E-state index in [-0.39, 0.29) is 17.9 Å². The van der Waals surface area contributed by atoms with E-state index >= 15 is 0 Å². The molecule has 0 aliphatic carbocycles. The fourth-order valence-corrected chi connectivity index (χ4v) is 3.75. The summed E-state index contributed by atoms with van der Waals surface area (Å²) in [5.41, 5.74) is 2.22. The highest BCUT2D eigenvalue weighted by Crippen LogP contribution is 2.19. The number of carbonyl (C=O) groups is 2. The highest BCUT2D eigenvalue weighted by Gasteiger charge is 2.29. The normalized spacial score (nSPS) is 17.3. The maximum atomic E-state index is 12.7. The van der Waals surface area contributed by atoms with E-state index < -0.39 is 5.41 Å². The number of benzene rings is 2. The molecule has 0 spiro atoms. The van der Waals surface area contributed by atoms with Crippen LogP contribution >= 0.6 is 0 Å². The molecule has 4 rings (SSSR count). The van der Waals surface area contributed by atoms with E-state index in [0.29, 0.717) is 25.2 Å². The number of hydrogen-bond donors (Lipinski definition) is 1. The molecule has 1 unspecified atom stereocenters. The fraction of sp³-hybridized carbons (Fsp3) is 0.400. The van der Waals surface area contributed by atoms with Crippen LogP contribution in [0.15, 0.2) is 54.7 Å². The van der Waals surface area contributed by atoms with Crippen LogP contribution in [0.5, 0.6) is 0 Å². The van der Waals surface area contributed by atoms with Crippen LogP contribution in [-0.4, -0.2) is 45.9 Å². The lowest BCUT2D eigenvalue weighted by atomic mass is 9.98. The minimum atomic E-state index is -0.555. The maximum Gasteiger partial charge on any atom is 0.330 e. The van der Waals surface area contributed by atoms with E-state index in [2.05, 4.69) is 16.5 Å². The molecule has 0 radical (unpaired) electrons. The topological polar surface area (TPSA) is 76.5 Å². The summed E-state index contributed by atoms with van der Waals surface area (Å²) in [5.74, 6) is -0.375. The predicted molar refractivity (Wildman–Crippen MR) is 123 cm³/mol. The first-order chi connectivity index (χ1) is 15.3. The Labute approximate surface area is 188 Å². The molecule has 1 aliphatic rings. The van der Waals surface area contributed by atoms with Crippen molar-refractivity contribution in [2.24, 2.45) is 5.41 Å². The third-order valence-corrected chi connectivity index (χ3v) is 5.64. The molecule has 0 bridgehead atoms. The molecule has 1 atom stereocenters. The van der Waals surface area contributed by atoms with Crippen LogP contribution in [0.3, 0.4) is 0 Å². The highest BCUT2D eigenvalue weighted by atomic mass is 16.7. The summed E-state index contributed by atoms with van der Waals surface area (Å²) in [5, 5.41) is 10.3. The van der Waals surface area contributed by atoms with Gasteiger partial charge in [-0.2, -0.15) is 5.10 Å². The number of para-hydroxylation sites is 1. The number of piperidine rings is 1. The summed E-state index contributed by atoms with van der Waals surface area (Å²) in [6, 6.07) is 15.7. The van der Waals surface area contributed by atoms with Crippen molar-refractivity contribution in [2.75, 3.05) is 13.1 Å². The Hall–Kier alpha value is -3.19. The van der Waals surface area contributed by atoms with Crippen LogP contribution in [0.2, 0.25) is 0 Å². The van der Waals surface area contributed by atoms with Crippen molar-refractivity contribution >= 4 is 22.8 Å². The quantitative estimate of drug-likeness (QED) is 0.661. The fourth-order valence-electron chi connectivity index (χ4n) is 3.75. The lowest BCUT2D eigenvalue weighted by Crippen LogP contribution is -2.49. The van der Waals surface area contributed by atoms with Gasteiger partial charge in [-0.25, -0.2) is 4.79 Å². The lowest BCUT2D eigenvalue weighted by Gasteiger charge is -2.33. The maximum absolute atomic E-state index is 12.7. The van der Waals surface area contributed by atoms with Crippen LogP contribution in [0.4, 0.5) is 0 Å². The zero-order chi connectivity index (χ0) is 22.7. The number of carbonyl (C=O) groups excluding carboxylic acids is 2. The van der Waals surface area contributed by atoms with Gasteiger partial charge in [0.15, 0.2) is 0 Å². The molecule has 1 N–H and O–H groups in total. The van der Waals surface area contributed by atoms with Gasteiger partial charge in [-0.1, -0.05) is 30.3 Å². The van der Waals surface area contributed by atoms with Crippen molar-refractivity contribution in [1.29, 1.82) is 0 Å². The molecule has 3 aromatic rings. The first kappa shape index (κ1) is 22.0. The van der Waals surface area contributed by atoms with E-state index in [1.165, 1.54) is 0 Å². The lowest BCUT2D eigenvalue weighted by molar-refractivity contribution is -0.205. The van der Waals surface area contributed by atoms with E-state index in [1.54, 1.807) is 5.06 Å². The summed E-state index contributed by atoms with van der Waals surface area (Å²) >= 11 is 0. The number of hydrogen-bond acceptors (Lipinski definition) is 5. The standard InChI is InChI=1S/C25H30N4O3/c1-25(2,3)24(31)32-28-14-6-8-21(17-28)27-23(30)19-12-10-18(11-13-19)16-29-22-9-5-4-7-20(22)15-26-29/h4-5,7,9-13,15,21H,6,8,14,16-17H2,1-3H3,(H,27,30). The van der Waals surface area contributed by atoms with Crippen molar-refractivity contribution in [3.05, 3.63) is 65.9 Å². The molecule has 32 heavy (non-hydrogen) atoms. The Balaban J connectivity index is 1.34. The van der Waals surface area contributed by atoms with Crippen LogP contribution in [-0.2, 0) is 16.2 Å². The summed E-state index contributed by atoms with van der Waals surface area (Å²) in [6.45, 7) is 7.32. The number of aromatic nitrogens is 2. The van der Waals surface area contributed by atoms with E-state index in [4.69, 9.17) is 4.84 Å². The number of fused-ring (bicyclic) bond motifs is 1. The summed E-state index contributed by atoms with van der Waals surface area (Å²) in [4.78, 5) is 30.4. The van der Waals surface area contributed by atoms with Crippen molar-refractivity contribution < 1.29 is 14.4 Å². The van der Waals surface area contributed by atoms with E-state index in [0.717, 1.165) is 29.3 Å². The summed E-state index contributed by atoms with van der Waals surface area (Å²) in [6.07, 6.45) is 3.59. The van der Waals surface area contributed by atoms with Gasteiger partial charge in [0, 0.05) is 23.5 Å². The van der Waals surface area contributed by atoms with Crippen molar-refractivity contribution in [1.82, 2.24) is 20.2 Å². The number of rotatable bonds is 5. The summed E-state index contributed by atoms with van der Waals surface area (Å²) < 4.78 is 1.96. The molecule has 2 heterocycles. The van der Waals surface area contributed by atoms with E-state index in [9.17, 15) is 9.59 Å². The van der Waals surface area contributed by atoms with Gasteiger partial charge in [0.05, 0.1) is 30.2 Å². The average molecular weight is 435 g/mol. The van der Waals surface area contributed by atoms with Gasteiger partial charge in [-0.3, -0.25) is 9.48 Å². The number of nitrogens with zero attached hydrogens (tertiary/aromatic N) is 3. The highest BCUT2D eigenvalue weighted by molar-refractivity contribution is 5.94. The molecule has 0 saturated carbocycles. The minimum Gasteiger partial charge on any atom is -0.367 e. The van der Waals surface area contributed by atoms with Gasteiger partial charge in [0.2, 0.25) is 0 Å². The Bertz CT molecular complexity index is 1100. The smallest absolute Gasteiger partial charge is 0.330 e. The molecule has 1 fully saturated rings. The van der Waals surface area contributed by atoms with Crippen LogP contribution in [0.1, 0.15) is 49.5 Å². The third kappa shape index (κ3) is 5.16. The molecule has 7 nitrogen and oxygen atoms in total. The number of hydroxylamine groups is 2. The number of amides is 1. The van der Waals surface area contributed by atoms with Crippen molar-refractivity contribution in [3.8, 4) is 0 Å². The first-order valence-electron chi connectivity index (χ1n) is 11.1. The predicted octanol–water partition coefficient (Wildman–Crippen LogP) is 3.78. The first-order valence-corrected chi connectivity index (χ1v) is 11.1. The molecule has 168 valence electrons. The van der Waals surface area contributed by atoms with Crippen LogP contribution < -0.4 is 5.32 Å². The van der Waals surface area contributed by atoms with Gasteiger partial charge in [0.25, 0.3) is 5.91 Å². The van der Waals surface area contributed by atoms with Gasteiger partial charge < -0.3 is 10.2 Å². The largest absolute Gasteiger partial charge is 0.367 e. The monoisotopic (exact) mass is 434 g/mol. The molecular formula is C25H30N4O3. The Morgan fingerprint density at radius 1 is 1.12 bits per heavy atom. The van der Waals surface area contributed by atoms with Gasteiger partial charge in [-0.15, -0.1) is 5.06 Å². The summed E-state index contributed by atoms with van der Waals surface area (Å²) in [7, 11) is 0. The zero-order valence-electron chi connectivity index (χ0n) is 18.9.